The molecule has 0 radical (unpaired) electrons. The Morgan fingerprint density at radius 3 is 2.65 bits per heavy atom. The van der Waals surface area contributed by atoms with Crippen molar-refractivity contribution in [2.24, 2.45) is 0 Å². The Kier molecular flexibility index (Phi) is 6.08. The molecule has 0 aliphatic rings. The number of benzene rings is 1. The summed E-state index contributed by atoms with van der Waals surface area (Å²) in [6.45, 7) is 11.6. The number of hydrogen-bond acceptors (Lipinski definition) is 3. The molecule has 1 rings (SSSR count). The van der Waals surface area contributed by atoms with Gasteiger partial charge in [-0.3, -0.25) is 0 Å². The van der Waals surface area contributed by atoms with Crippen LogP contribution in [0.4, 0.5) is 0 Å². The molecular weight excluding hydrogens is 272 g/mol. The zero-order valence-corrected chi connectivity index (χ0v) is 12.8. The van der Waals surface area contributed by atoms with E-state index in [4.69, 9.17) is 16.3 Å². The van der Waals surface area contributed by atoms with E-state index in [0.717, 1.165) is 16.8 Å². The number of nitrogens with one attached hydrogen (secondary N) is 1. The maximum absolute atomic E-state index is 9.50. The van der Waals surface area contributed by atoms with Gasteiger partial charge < -0.3 is 15.0 Å². The number of hydrogen-bond donors (Lipinski definition) is 2. The summed E-state index contributed by atoms with van der Waals surface area (Å²) in [7, 11) is 0.507. The molecule has 1 aromatic rings. The Labute approximate surface area is 125 Å². The molecule has 0 aliphatic heterocycles. The molecular formula is C15H19BClNO2. The normalized spacial score (nSPS) is 11.2. The molecule has 0 saturated carbocycles. The molecule has 0 unspecified atom stereocenters. The number of halogens is 1. The van der Waals surface area contributed by atoms with Crippen LogP contribution < -0.4 is 5.32 Å². The van der Waals surface area contributed by atoms with Crippen molar-refractivity contribution in [3.05, 3.63) is 64.8 Å². The molecule has 0 bridgehead atoms. The van der Waals surface area contributed by atoms with Gasteiger partial charge in [0.05, 0.1) is 0 Å². The van der Waals surface area contributed by atoms with Crippen LogP contribution in [0.1, 0.15) is 18.1 Å². The molecule has 0 aliphatic carbocycles. The monoisotopic (exact) mass is 291 g/mol. The van der Waals surface area contributed by atoms with Crippen molar-refractivity contribution in [1.29, 1.82) is 0 Å². The molecule has 106 valence electrons. The van der Waals surface area contributed by atoms with E-state index in [2.05, 4.69) is 18.5 Å². The van der Waals surface area contributed by atoms with Gasteiger partial charge in [-0.2, -0.15) is 0 Å². The highest BCUT2D eigenvalue weighted by Gasteiger charge is 2.13. The van der Waals surface area contributed by atoms with Crippen LogP contribution in [0.25, 0.3) is 5.70 Å². The first-order valence-electron chi connectivity index (χ1n) is 6.15. The van der Waals surface area contributed by atoms with Crippen molar-refractivity contribution in [2.75, 3.05) is 7.11 Å². The maximum atomic E-state index is 9.50. The Bertz CT molecular complexity index is 555. The number of aryl methyl sites for hydroxylation is 1. The fourth-order valence-electron chi connectivity index (χ4n) is 1.79. The lowest BCUT2D eigenvalue weighted by molar-refractivity contribution is 0.336. The summed E-state index contributed by atoms with van der Waals surface area (Å²) in [5, 5.41) is 13.3. The van der Waals surface area contributed by atoms with Gasteiger partial charge in [0.25, 0.3) is 0 Å². The Morgan fingerprint density at radius 2 is 2.10 bits per heavy atom. The van der Waals surface area contributed by atoms with Crippen LogP contribution in [0, 0.1) is 6.92 Å². The van der Waals surface area contributed by atoms with Crippen molar-refractivity contribution in [2.45, 2.75) is 13.8 Å². The van der Waals surface area contributed by atoms with Crippen molar-refractivity contribution in [3.63, 3.8) is 0 Å². The smallest absolute Gasteiger partial charge is 0.423 e. The number of rotatable bonds is 6. The summed E-state index contributed by atoms with van der Waals surface area (Å²) in [6.07, 6.45) is 1.71. The van der Waals surface area contributed by atoms with Crippen LogP contribution in [0.2, 0.25) is 5.02 Å². The molecule has 5 heteroatoms. The zero-order valence-electron chi connectivity index (χ0n) is 12.0. The minimum Gasteiger partial charge on any atom is -0.423 e. The van der Waals surface area contributed by atoms with Gasteiger partial charge in [0.2, 0.25) is 0 Å². The Balaban J connectivity index is 2.78. The lowest BCUT2D eigenvalue weighted by Crippen LogP contribution is -2.18. The van der Waals surface area contributed by atoms with Gasteiger partial charge in [0.15, 0.2) is 0 Å². The van der Waals surface area contributed by atoms with Gasteiger partial charge in [-0.15, -0.1) is 0 Å². The molecule has 0 saturated heterocycles. The first kappa shape index (κ1) is 16.6. The predicted molar refractivity (Wildman–Crippen MR) is 86.2 cm³/mol. The van der Waals surface area contributed by atoms with E-state index in [1.54, 1.807) is 13.0 Å². The molecule has 0 fully saturated rings. The summed E-state index contributed by atoms with van der Waals surface area (Å²) in [5.41, 5.74) is 4.00. The fourth-order valence-corrected chi connectivity index (χ4v) is 2.02. The van der Waals surface area contributed by atoms with E-state index < -0.39 is 7.12 Å². The summed E-state index contributed by atoms with van der Waals surface area (Å²) >= 11 is 5.93. The van der Waals surface area contributed by atoms with Crippen LogP contribution in [0.5, 0.6) is 0 Å². The number of allylic oxidation sites excluding steroid dienone is 2. The van der Waals surface area contributed by atoms with Crippen LogP contribution >= 0.6 is 11.6 Å². The van der Waals surface area contributed by atoms with Crippen molar-refractivity contribution in [3.8, 4) is 0 Å². The van der Waals surface area contributed by atoms with Crippen LogP contribution in [0.15, 0.2) is 48.6 Å². The van der Waals surface area contributed by atoms with E-state index in [1.807, 2.05) is 25.1 Å². The highest BCUT2D eigenvalue weighted by molar-refractivity contribution is 6.52. The lowest BCUT2D eigenvalue weighted by atomic mass is 9.79. The van der Waals surface area contributed by atoms with Crippen LogP contribution in [-0.2, 0) is 4.65 Å². The van der Waals surface area contributed by atoms with Gasteiger partial charge in [0, 0.05) is 29.1 Å². The topological polar surface area (TPSA) is 41.5 Å². The summed E-state index contributed by atoms with van der Waals surface area (Å²) in [4.78, 5) is 0. The lowest BCUT2D eigenvalue weighted by Gasteiger charge is -2.13. The highest BCUT2D eigenvalue weighted by Crippen LogP contribution is 2.20. The molecule has 2 N–H and O–H groups in total. The predicted octanol–water partition coefficient (Wildman–Crippen LogP) is 3.33. The van der Waals surface area contributed by atoms with E-state index in [0.29, 0.717) is 16.2 Å². The minimum atomic E-state index is -0.931. The first-order chi connectivity index (χ1) is 9.35. The quantitative estimate of drug-likeness (QED) is 0.624. The molecule has 20 heavy (non-hydrogen) atoms. The average Bonchev–Trinajstić information content (AvgIpc) is 2.37. The summed E-state index contributed by atoms with van der Waals surface area (Å²) in [6, 6.07) is 5.60. The second-order valence-electron chi connectivity index (χ2n) is 4.56. The van der Waals surface area contributed by atoms with Gasteiger partial charge in [-0.05, 0) is 43.1 Å². The standard InChI is InChI=1S/C15H19BClNO2/c1-10-8-14(17)6-7-15(10)13(4)18-12(3)9-11(2)16(19)20-5/h6-9,18-19H,3-4H2,1-2,5H3/b11-9+. The van der Waals surface area contributed by atoms with Crippen LogP contribution in [0.3, 0.4) is 0 Å². The van der Waals surface area contributed by atoms with Crippen LogP contribution in [-0.4, -0.2) is 19.3 Å². The van der Waals surface area contributed by atoms with Crippen molar-refractivity contribution >= 4 is 24.4 Å². The Hall–Kier alpha value is -1.49. The van der Waals surface area contributed by atoms with Gasteiger partial charge in [-0.1, -0.05) is 30.8 Å². The molecule has 0 heterocycles. The second kappa shape index (κ2) is 7.34. The molecule has 0 aromatic heterocycles. The highest BCUT2D eigenvalue weighted by atomic mass is 35.5. The third-order valence-corrected chi connectivity index (χ3v) is 3.07. The van der Waals surface area contributed by atoms with Crippen molar-refractivity contribution in [1.82, 2.24) is 5.32 Å². The van der Waals surface area contributed by atoms with E-state index in [1.165, 1.54) is 7.11 Å². The SMILES string of the molecule is C=C(/C=C(\C)B(O)OC)NC(=C)c1ccc(Cl)cc1C. The minimum absolute atomic E-state index is 0.623. The second-order valence-corrected chi connectivity index (χ2v) is 5.00. The molecule has 0 spiro atoms. The van der Waals surface area contributed by atoms with E-state index >= 15 is 0 Å². The van der Waals surface area contributed by atoms with Gasteiger partial charge >= 0.3 is 7.12 Å². The average molecular weight is 292 g/mol. The molecule has 3 nitrogen and oxygen atoms in total. The third kappa shape index (κ3) is 4.56. The zero-order chi connectivity index (χ0) is 15.3. The van der Waals surface area contributed by atoms with Gasteiger partial charge in [0.1, 0.15) is 0 Å². The summed E-state index contributed by atoms with van der Waals surface area (Å²) in [5.74, 6) is 0. The largest absolute Gasteiger partial charge is 0.486 e. The van der Waals surface area contributed by atoms with E-state index in [9.17, 15) is 5.02 Å². The fraction of sp³-hybridized carbons (Fsp3) is 0.200. The van der Waals surface area contributed by atoms with Crippen molar-refractivity contribution < 1.29 is 9.68 Å². The third-order valence-electron chi connectivity index (χ3n) is 2.84. The maximum Gasteiger partial charge on any atom is 0.486 e. The molecule has 0 amide bonds. The van der Waals surface area contributed by atoms with E-state index in [-0.39, 0.29) is 0 Å². The molecule has 1 aromatic carbocycles. The van der Waals surface area contributed by atoms with Gasteiger partial charge in [-0.25, -0.2) is 0 Å². The molecule has 0 atom stereocenters. The first-order valence-corrected chi connectivity index (χ1v) is 6.53. The Morgan fingerprint density at radius 1 is 1.45 bits per heavy atom. The summed E-state index contributed by atoms with van der Waals surface area (Å²) < 4.78 is 4.82.